The average molecular weight is 211 g/mol. The van der Waals surface area contributed by atoms with E-state index in [9.17, 15) is 0 Å². The lowest BCUT2D eigenvalue weighted by Gasteiger charge is -2.19. The van der Waals surface area contributed by atoms with Crippen molar-refractivity contribution in [1.82, 2.24) is 9.97 Å². The number of nitrogens with zero attached hydrogens (tertiary/aromatic N) is 2. The summed E-state index contributed by atoms with van der Waals surface area (Å²) in [7, 11) is 0. The zero-order valence-corrected chi connectivity index (χ0v) is 8.10. The van der Waals surface area contributed by atoms with Crippen molar-refractivity contribution in [2.75, 3.05) is 18.5 Å². The van der Waals surface area contributed by atoms with Gasteiger partial charge in [-0.2, -0.15) is 0 Å². The molecule has 0 aromatic carbocycles. The van der Waals surface area contributed by atoms with E-state index in [1.807, 2.05) is 0 Å². The van der Waals surface area contributed by atoms with Crippen molar-refractivity contribution in [3.8, 4) is 0 Å². The molecule has 0 radical (unpaired) electrons. The molecule has 0 aliphatic carbocycles. The summed E-state index contributed by atoms with van der Waals surface area (Å²) in [6, 6.07) is 0. The second kappa shape index (κ2) is 4.28. The third kappa shape index (κ3) is 2.08. The number of H-pyrrole nitrogens is 1. The molecule has 1 aliphatic heterocycles. The van der Waals surface area contributed by atoms with Gasteiger partial charge in [-0.25, -0.2) is 9.98 Å². The predicted molar refractivity (Wildman–Crippen MR) is 54.2 cm³/mol. The third-order valence-electron chi connectivity index (χ3n) is 2.00. The van der Waals surface area contributed by atoms with Crippen LogP contribution in [0.15, 0.2) is 11.3 Å². The van der Waals surface area contributed by atoms with Crippen LogP contribution < -0.4 is 11.1 Å². The molecule has 7 heteroatoms. The van der Waals surface area contributed by atoms with Crippen LogP contribution in [0.25, 0.3) is 0 Å². The Morgan fingerprint density at radius 1 is 1.60 bits per heavy atom. The zero-order valence-electron chi connectivity index (χ0n) is 8.10. The van der Waals surface area contributed by atoms with Gasteiger partial charge in [0.1, 0.15) is 5.69 Å². The van der Waals surface area contributed by atoms with Crippen LogP contribution in [0.1, 0.15) is 18.3 Å². The highest BCUT2D eigenvalue weighted by Crippen LogP contribution is 2.26. The van der Waals surface area contributed by atoms with Crippen molar-refractivity contribution in [2.24, 2.45) is 10.7 Å². The maximum atomic E-state index is 8.63. The van der Waals surface area contributed by atoms with Crippen LogP contribution in [0.5, 0.6) is 0 Å². The van der Waals surface area contributed by atoms with Crippen LogP contribution in [0, 0.1) is 0 Å². The number of hydrogen-bond acceptors (Lipinski definition) is 6. The Hall–Kier alpha value is -1.60. The van der Waals surface area contributed by atoms with Gasteiger partial charge in [0.2, 0.25) is 0 Å². The molecule has 2 heterocycles. The summed E-state index contributed by atoms with van der Waals surface area (Å²) in [4.78, 5) is 11.0. The fourth-order valence-corrected chi connectivity index (χ4v) is 1.32. The van der Waals surface area contributed by atoms with Gasteiger partial charge >= 0.3 is 0 Å². The Bertz CT molecular complexity index is 362. The van der Waals surface area contributed by atoms with Gasteiger partial charge < -0.3 is 25.9 Å². The second-order valence-electron chi connectivity index (χ2n) is 3.10. The number of aliphatic hydroxyl groups is 1. The molecule has 1 aromatic rings. The number of fused-ring (bicyclic) bond motifs is 1. The Kier molecular flexibility index (Phi) is 2.84. The van der Waals surface area contributed by atoms with Crippen LogP contribution in [0.4, 0.5) is 5.82 Å². The minimum absolute atomic E-state index is 0.0972. The lowest BCUT2D eigenvalue weighted by atomic mass is 10.3. The highest BCUT2D eigenvalue weighted by molar-refractivity contribution is 5.93. The van der Waals surface area contributed by atoms with Crippen molar-refractivity contribution in [3.05, 3.63) is 12.0 Å². The van der Waals surface area contributed by atoms with E-state index in [2.05, 4.69) is 20.3 Å². The highest BCUT2D eigenvalue weighted by atomic mass is 16.5. The summed E-state index contributed by atoms with van der Waals surface area (Å²) in [5, 5.41) is 11.4. The van der Waals surface area contributed by atoms with Crippen molar-refractivity contribution in [1.29, 1.82) is 0 Å². The van der Waals surface area contributed by atoms with Gasteiger partial charge in [-0.15, -0.1) is 0 Å². The molecule has 7 nitrogen and oxygen atoms in total. The Morgan fingerprint density at radius 2 is 2.47 bits per heavy atom. The molecule has 1 aliphatic rings. The van der Waals surface area contributed by atoms with Gasteiger partial charge in [0.05, 0.1) is 12.9 Å². The number of aromatic nitrogens is 2. The maximum absolute atomic E-state index is 8.63. The average Bonchev–Trinajstić information content (AvgIpc) is 2.65. The van der Waals surface area contributed by atoms with E-state index < -0.39 is 6.23 Å². The molecule has 15 heavy (non-hydrogen) atoms. The molecule has 0 spiro atoms. The number of anilines is 1. The first-order valence-corrected chi connectivity index (χ1v) is 4.67. The summed E-state index contributed by atoms with van der Waals surface area (Å²) in [6.07, 6.45) is 1.66. The molecule has 82 valence electrons. The van der Waals surface area contributed by atoms with Crippen molar-refractivity contribution >= 4 is 11.8 Å². The first kappa shape index (κ1) is 9.94. The number of ether oxygens (including phenoxy) is 1. The zero-order chi connectivity index (χ0) is 10.7. The molecule has 0 saturated heterocycles. The number of aromatic amines is 1. The summed E-state index contributed by atoms with van der Waals surface area (Å²) in [5.41, 5.74) is 6.31. The molecule has 1 aromatic heterocycles. The van der Waals surface area contributed by atoms with E-state index in [0.717, 1.165) is 5.69 Å². The van der Waals surface area contributed by atoms with Crippen LogP contribution in [0.2, 0.25) is 0 Å². The maximum Gasteiger partial charge on any atom is 0.197 e. The number of aliphatic hydroxyl groups excluding tert-OH is 1. The van der Waals surface area contributed by atoms with Crippen LogP contribution in [-0.2, 0) is 4.74 Å². The molecular weight excluding hydrogens is 198 g/mol. The smallest absolute Gasteiger partial charge is 0.197 e. The van der Waals surface area contributed by atoms with Gasteiger partial charge in [-0.3, -0.25) is 0 Å². The quantitative estimate of drug-likeness (QED) is 0.504. The first-order chi connectivity index (χ1) is 7.31. The first-order valence-electron chi connectivity index (χ1n) is 4.67. The minimum atomic E-state index is -0.463. The second-order valence-corrected chi connectivity index (χ2v) is 3.10. The molecule has 0 amide bonds. The summed E-state index contributed by atoms with van der Waals surface area (Å²) >= 11 is 0. The monoisotopic (exact) mass is 211 g/mol. The molecule has 5 N–H and O–H groups in total. The molecule has 2 rings (SSSR count). The fraction of sp³-hybridized carbons (Fsp3) is 0.500. The van der Waals surface area contributed by atoms with E-state index in [-0.39, 0.29) is 12.6 Å². The highest BCUT2D eigenvalue weighted by Gasteiger charge is 2.22. The lowest BCUT2D eigenvalue weighted by molar-refractivity contribution is 0.0465. The van der Waals surface area contributed by atoms with Crippen LogP contribution in [0.3, 0.4) is 0 Å². The van der Waals surface area contributed by atoms with Crippen molar-refractivity contribution in [2.45, 2.75) is 12.6 Å². The van der Waals surface area contributed by atoms with Gasteiger partial charge in [-0.1, -0.05) is 0 Å². The Labute approximate surface area is 86.4 Å². The van der Waals surface area contributed by atoms with Gasteiger partial charge in [0.15, 0.2) is 18.0 Å². The topological polar surface area (TPSA) is 109 Å². The Balaban J connectivity index is 2.06. The molecule has 1 unspecified atom stereocenters. The number of nitrogens with one attached hydrogen (secondary N) is 2. The van der Waals surface area contributed by atoms with E-state index in [1.54, 1.807) is 6.33 Å². The number of imidazole rings is 1. The third-order valence-corrected chi connectivity index (χ3v) is 2.00. The van der Waals surface area contributed by atoms with E-state index in [4.69, 9.17) is 15.6 Å². The van der Waals surface area contributed by atoms with Crippen LogP contribution >= 0.6 is 0 Å². The van der Waals surface area contributed by atoms with E-state index in [1.165, 1.54) is 0 Å². The normalized spacial score (nSPS) is 19.3. The van der Waals surface area contributed by atoms with E-state index >= 15 is 0 Å². The fourth-order valence-electron chi connectivity index (χ4n) is 1.32. The summed E-state index contributed by atoms with van der Waals surface area (Å²) in [5.74, 6) is 0.917. The Morgan fingerprint density at radius 3 is 3.27 bits per heavy atom. The number of hydrogen-bond donors (Lipinski definition) is 4. The minimum Gasteiger partial charge on any atom is -0.396 e. The van der Waals surface area contributed by atoms with E-state index in [0.29, 0.717) is 18.8 Å². The molecule has 0 saturated carbocycles. The standard InChI is InChI=1S/C8H13N5O2/c9-8-12-6-5(10-4-11-6)7(13-8)15-3-1-2-14/h4,7,14H,1-3H2,(H,10,11)(H3,9,12,13). The molecule has 0 fully saturated rings. The number of guanidine groups is 1. The number of aliphatic imine (C=N–C) groups is 1. The van der Waals surface area contributed by atoms with Gasteiger partial charge in [0, 0.05) is 6.61 Å². The van der Waals surface area contributed by atoms with Gasteiger partial charge in [0.25, 0.3) is 0 Å². The van der Waals surface area contributed by atoms with Crippen molar-refractivity contribution in [3.63, 3.8) is 0 Å². The molecule has 0 bridgehead atoms. The number of rotatable bonds is 4. The predicted octanol–water partition coefficient (Wildman–Crippen LogP) is -0.453. The summed E-state index contributed by atoms with van der Waals surface area (Å²) in [6.45, 7) is 0.524. The van der Waals surface area contributed by atoms with Gasteiger partial charge in [-0.05, 0) is 6.42 Å². The largest absolute Gasteiger partial charge is 0.396 e. The summed E-state index contributed by atoms with van der Waals surface area (Å²) < 4.78 is 5.44. The molecular formula is C8H13N5O2. The van der Waals surface area contributed by atoms with Crippen molar-refractivity contribution < 1.29 is 9.84 Å². The SMILES string of the molecule is NC1=NC(OCCCO)c2[nH]cnc2N1. The number of nitrogens with two attached hydrogens (primary N) is 1. The lowest BCUT2D eigenvalue weighted by Crippen LogP contribution is -2.28. The van der Waals surface area contributed by atoms with Crippen LogP contribution in [-0.4, -0.2) is 34.2 Å². The molecule has 1 atom stereocenters.